The molecule has 3 rings (SSSR count). The quantitative estimate of drug-likeness (QED) is 0.610. The van der Waals surface area contributed by atoms with Crippen molar-refractivity contribution in [3.63, 3.8) is 0 Å². The summed E-state index contributed by atoms with van der Waals surface area (Å²) < 4.78 is 15.2. The highest BCUT2D eigenvalue weighted by Gasteiger charge is 2.29. The van der Waals surface area contributed by atoms with Crippen molar-refractivity contribution in [2.24, 2.45) is 0 Å². The van der Waals surface area contributed by atoms with Crippen molar-refractivity contribution < 1.29 is 23.8 Å². The number of carbonyl (C=O) groups excluding carboxylic acids is 2. The van der Waals surface area contributed by atoms with Gasteiger partial charge in [0.05, 0.1) is 25.3 Å². The fourth-order valence-corrected chi connectivity index (χ4v) is 2.32. The Kier molecular flexibility index (Phi) is 2.41. The van der Waals surface area contributed by atoms with Crippen molar-refractivity contribution in [2.45, 2.75) is 0 Å². The maximum absolute atomic E-state index is 11.8. The molecule has 5 heteroatoms. The van der Waals surface area contributed by atoms with E-state index in [-0.39, 0.29) is 0 Å². The van der Waals surface area contributed by atoms with Crippen LogP contribution in [0, 0.1) is 0 Å². The second-order valence-electron chi connectivity index (χ2n) is 4.06. The Morgan fingerprint density at radius 1 is 1.00 bits per heavy atom. The molecule has 0 saturated heterocycles. The average molecular weight is 258 g/mol. The van der Waals surface area contributed by atoms with Gasteiger partial charge in [-0.3, -0.25) is 0 Å². The number of methoxy groups -OCH3 is 2. The van der Waals surface area contributed by atoms with E-state index in [9.17, 15) is 9.59 Å². The third kappa shape index (κ3) is 1.48. The van der Waals surface area contributed by atoms with Gasteiger partial charge in [0.2, 0.25) is 0 Å². The summed E-state index contributed by atoms with van der Waals surface area (Å²) in [6, 6.07) is 6.63. The lowest BCUT2D eigenvalue weighted by Crippen LogP contribution is -2.19. The Hall–Kier alpha value is -2.56. The molecular weight excluding hydrogens is 248 g/mol. The van der Waals surface area contributed by atoms with Crippen LogP contribution in [0.1, 0.15) is 20.7 Å². The summed E-state index contributed by atoms with van der Waals surface area (Å²) in [5.74, 6) is -0.399. The number of carbonyl (C=O) groups is 2. The fraction of sp³-hybridized carbons (Fsp3) is 0.143. The van der Waals surface area contributed by atoms with Crippen molar-refractivity contribution in [1.29, 1.82) is 0 Å². The van der Waals surface area contributed by atoms with E-state index < -0.39 is 11.9 Å². The number of benzene rings is 2. The van der Waals surface area contributed by atoms with Crippen LogP contribution in [0.2, 0.25) is 0 Å². The van der Waals surface area contributed by atoms with Crippen LogP contribution in [0.25, 0.3) is 10.8 Å². The van der Waals surface area contributed by atoms with Gasteiger partial charge >= 0.3 is 11.9 Å². The van der Waals surface area contributed by atoms with Gasteiger partial charge in [-0.05, 0) is 12.1 Å². The largest absolute Gasteiger partial charge is 0.493 e. The van der Waals surface area contributed by atoms with Crippen LogP contribution in [0.3, 0.4) is 0 Å². The van der Waals surface area contributed by atoms with E-state index in [0.29, 0.717) is 33.4 Å². The second-order valence-corrected chi connectivity index (χ2v) is 4.06. The van der Waals surface area contributed by atoms with Gasteiger partial charge in [0.1, 0.15) is 0 Å². The molecule has 1 aliphatic heterocycles. The number of hydrogen-bond acceptors (Lipinski definition) is 5. The van der Waals surface area contributed by atoms with Crippen molar-refractivity contribution >= 4 is 22.7 Å². The summed E-state index contributed by atoms with van der Waals surface area (Å²) in [6.45, 7) is 0. The van der Waals surface area contributed by atoms with Gasteiger partial charge in [-0.1, -0.05) is 12.1 Å². The molecule has 0 unspecified atom stereocenters. The fourth-order valence-electron chi connectivity index (χ4n) is 2.32. The Balaban J connectivity index is 2.52. The van der Waals surface area contributed by atoms with E-state index in [1.165, 1.54) is 20.3 Å². The van der Waals surface area contributed by atoms with Gasteiger partial charge in [0.15, 0.2) is 11.5 Å². The van der Waals surface area contributed by atoms with E-state index in [2.05, 4.69) is 0 Å². The summed E-state index contributed by atoms with van der Waals surface area (Å²) in [4.78, 5) is 23.5. The van der Waals surface area contributed by atoms with Crippen LogP contribution >= 0.6 is 0 Å². The van der Waals surface area contributed by atoms with Gasteiger partial charge in [-0.25, -0.2) is 9.59 Å². The maximum Gasteiger partial charge on any atom is 0.346 e. The van der Waals surface area contributed by atoms with Gasteiger partial charge in [-0.15, -0.1) is 0 Å². The topological polar surface area (TPSA) is 61.8 Å². The molecule has 0 radical (unpaired) electrons. The van der Waals surface area contributed by atoms with Crippen LogP contribution in [0.4, 0.5) is 0 Å². The van der Waals surface area contributed by atoms with E-state index in [0.717, 1.165) is 0 Å². The highest BCUT2D eigenvalue weighted by Crippen LogP contribution is 2.41. The van der Waals surface area contributed by atoms with E-state index in [1.807, 2.05) is 0 Å². The van der Waals surface area contributed by atoms with E-state index in [4.69, 9.17) is 14.2 Å². The molecule has 0 aromatic heterocycles. The summed E-state index contributed by atoms with van der Waals surface area (Å²) in [5, 5.41) is 1.20. The number of rotatable bonds is 2. The highest BCUT2D eigenvalue weighted by molar-refractivity contribution is 6.22. The highest BCUT2D eigenvalue weighted by atomic mass is 16.6. The molecule has 0 aliphatic carbocycles. The first-order valence-electron chi connectivity index (χ1n) is 5.61. The van der Waals surface area contributed by atoms with Gasteiger partial charge in [0.25, 0.3) is 0 Å². The lowest BCUT2D eigenvalue weighted by Gasteiger charge is -2.18. The molecule has 0 saturated carbocycles. The second kappa shape index (κ2) is 3.98. The Morgan fingerprint density at radius 2 is 1.74 bits per heavy atom. The molecule has 0 bridgehead atoms. The molecule has 0 spiro atoms. The average Bonchev–Trinajstić information content (AvgIpc) is 2.43. The SMILES string of the molecule is COc1cc2c3c(cccc3c1OC)C(=O)OC2=O. The summed E-state index contributed by atoms with van der Waals surface area (Å²) in [6.07, 6.45) is 0. The van der Waals surface area contributed by atoms with E-state index >= 15 is 0 Å². The van der Waals surface area contributed by atoms with Gasteiger partial charge < -0.3 is 14.2 Å². The first-order chi connectivity index (χ1) is 9.17. The Bertz CT molecular complexity index is 717. The molecule has 5 nitrogen and oxygen atoms in total. The minimum Gasteiger partial charge on any atom is -0.493 e. The third-order valence-corrected chi connectivity index (χ3v) is 3.13. The van der Waals surface area contributed by atoms with Crippen LogP contribution in [-0.4, -0.2) is 26.2 Å². The first-order valence-corrected chi connectivity index (χ1v) is 5.61. The summed E-state index contributed by atoms with van der Waals surface area (Å²) in [5.41, 5.74) is 0.663. The van der Waals surface area contributed by atoms with Crippen LogP contribution in [0.15, 0.2) is 24.3 Å². The van der Waals surface area contributed by atoms with Gasteiger partial charge in [0, 0.05) is 10.8 Å². The minimum atomic E-state index is -0.672. The molecule has 0 fully saturated rings. The Morgan fingerprint density at radius 3 is 2.42 bits per heavy atom. The lowest BCUT2D eigenvalue weighted by atomic mass is 9.96. The predicted molar refractivity (Wildman–Crippen MR) is 66.8 cm³/mol. The minimum absolute atomic E-state index is 0.308. The number of hydrogen-bond donors (Lipinski definition) is 0. The van der Waals surface area contributed by atoms with Gasteiger partial charge in [-0.2, -0.15) is 0 Å². The molecule has 0 amide bonds. The predicted octanol–water partition coefficient (Wildman–Crippen LogP) is 2.17. The summed E-state index contributed by atoms with van der Waals surface area (Å²) >= 11 is 0. The third-order valence-electron chi connectivity index (χ3n) is 3.13. The number of esters is 2. The van der Waals surface area contributed by atoms with E-state index in [1.54, 1.807) is 18.2 Å². The molecule has 2 aromatic carbocycles. The molecule has 19 heavy (non-hydrogen) atoms. The van der Waals surface area contributed by atoms with Crippen LogP contribution < -0.4 is 9.47 Å². The van der Waals surface area contributed by atoms with Crippen molar-refractivity contribution in [3.8, 4) is 11.5 Å². The van der Waals surface area contributed by atoms with Crippen molar-refractivity contribution in [3.05, 3.63) is 35.4 Å². The molecule has 2 aromatic rings. The smallest absolute Gasteiger partial charge is 0.346 e. The summed E-state index contributed by atoms with van der Waals surface area (Å²) in [7, 11) is 3.00. The Labute approximate surface area is 108 Å². The normalized spacial score (nSPS) is 13.4. The number of ether oxygens (including phenoxy) is 3. The molecular formula is C14H10O5. The van der Waals surface area contributed by atoms with Crippen molar-refractivity contribution in [2.75, 3.05) is 14.2 Å². The maximum atomic E-state index is 11.8. The first kappa shape index (κ1) is 11.5. The monoisotopic (exact) mass is 258 g/mol. The lowest BCUT2D eigenvalue weighted by molar-refractivity contribution is 0.0391. The zero-order valence-corrected chi connectivity index (χ0v) is 10.4. The zero-order valence-electron chi connectivity index (χ0n) is 10.4. The van der Waals surface area contributed by atoms with Crippen LogP contribution in [0.5, 0.6) is 11.5 Å². The zero-order chi connectivity index (χ0) is 13.6. The van der Waals surface area contributed by atoms with Crippen molar-refractivity contribution in [1.82, 2.24) is 0 Å². The molecule has 96 valence electrons. The molecule has 1 heterocycles. The van der Waals surface area contributed by atoms with Crippen LogP contribution in [-0.2, 0) is 4.74 Å². The molecule has 0 N–H and O–H groups in total. The standard InChI is InChI=1S/C14H10O5/c1-17-10-6-9-11-7(12(10)18-2)4-3-5-8(11)13(15)19-14(9)16/h3-6H,1-2H3. The number of cyclic esters (lactones) is 2. The molecule has 0 atom stereocenters. The molecule has 1 aliphatic rings.